The molecule has 10 heteroatoms. The smallest absolute Gasteiger partial charge is 0.339 e. The molecular formula is C31H38N4O4S2. The van der Waals surface area contributed by atoms with Crippen molar-refractivity contribution >= 4 is 39.6 Å². The summed E-state index contributed by atoms with van der Waals surface area (Å²) >= 11 is 3.07. The topological polar surface area (TPSA) is 96.8 Å². The maximum absolute atomic E-state index is 12.1. The third-order valence-electron chi connectivity index (χ3n) is 6.51. The number of hydrogen-bond donors (Lipinski definition) is 2. The van der Waals surface area contributed by atoms with E-state index in [0.29, 0.717) is 30.9 Å². The molecule has 0 bridgehead atoms. The van der Waals surface area contributed by atoms with Crippen LogP contribution in [0.3, 0.4) is 0 Å². The molecule has 0 radical (unpaired) electrons. The summed E-state index contributed by atoms with van der Waals surface area (Å²) in [5, 5.41) is 15.6. The van der Waals surface area contributed by atoms with Crippen LogP contribution < -0.4 is 10.1 Å². The minimum absolute atomic E-state index is 0.108. The highest BCUT2D eigenvalue weighted by molar-refractivity contribution is 7.16. The lowest BCUT2D eigenvalue weighted by Gasteiger charge is -2.17. The van der Waals surface area contributed by atoms with Crippen LogP contribution in [0.25, 0.3) is 21.7 Å². The van der Waals surface area contributed by atoms with Gasteiger partial charge in [0, 0.05) is 33.6 Å². The molecule has 41 heavy (non-hydrogen) atoms. The van der Waals surface area contributed by atoms with Gasteiger partial charge in [-0.15, -0.1) is 22.7 Å². The molecule has 1 aromatic carbocycles. The Morgan fingerprint density at radius 2 is 1.85 bits per heavy atom. The second-order valence-electron chi connectivity index (χ2n) is 9.93. The van der Waals surface area contributed by atoms with Crippen LogP contribution in [0.4, 0.5) is 10.9 Å². The first-order chi connectivity index (χ1) is 19.9. The third kappa shape index (κ3) is 8.59. The van der Waals surface area contributed by atoms with Gasteiger partial charge >= 0.3 is 5.97 Å². The van der Waals surface area contributed by atoms with Crippen LogP contribution in [0.5, 0.6) is 5.75 Å². The number of thiazole rings is 1. The van der Waals surface area contributed by atoms with Crippen molar-refractivity contribution in [1.29, 1.82) is 0 Å². The average Bonchev–Trinajstić information content (AvgIpc) is 3.63. The van der Waals surface area contributed by atoms with Gasteiger partial charge in [0.05, 0.1) is 18.9 Å². The molecule has 0 spiro atoms. The summed E-state index contributed by atoms with van der Waals surface area (Å²) in [5.74, 6) is 0.449. The second kappa shape index (κ2) is 15.1. The Balaban J connectivity index is 1.44. The number of hydrogen-bond acceptors (Lipinski definition) is 9. The van der Waals surface area contributed by atoms with Gasteiger partial charge in [0.2, 0.25) is 0 Å². The zero-order valence-electron chi connectivity index (χ0n) is 24.1. The number of aromatic carboxylic acids is 1. The van der Waals surface area contributed by atoms with E-state index in [1.807, 2.05) is 41.8 Å². The summed E-state index contributed by atoms with van der Waals surface area (Å²) in [7, 11) is 0. The largest absolute Gasteiger partial charge is 0.491 e. The summed E-state index contributed by atoms with van der Waals surface area (Å²) in [5.41, 5.74) is 2.74. The monoisotopic (exact) mass is 594 g/mol. The standard InChI is InChI=1S/C31H38N4O4S2/c1-5-35(6-2)13-14-38-15-16-39-24-11-9-22(10-12-24)28-27(18-21(3)4)41-31(33-28)34-29-25(30(36)37)19-23(20-32-29)26-8-7-17-40-26/h7-12,17,19-21H,5-6,13-16,18H2,1-4H3,(H,36,37)(H,32,33,34). The number of rotatable bonds is 16. The minimum atomic E-state index is -1.04. The van der Waals surface area contributed by atoms with E-state index in [1.165, 1.54) is 11.3 Å². The molecule has 4 aromatic rings. The number of nitrogens with one attached hydrogen (secondary N) is 1. The first kappa shape index (κ1) is 30.6. The molecule has 0 saturated carbocycles. The molecule has 3 aromatic heterocycles. The quantitative estimate of drug-likeness (QED) is 0.130. The van der Waals surface area contributed by atoms with Crippen molar-refractivity contribution in [3.8, 4) is 27.4 Å². The lowest BCUT2D eigenvalue weighted by Crippen LogP contribution is -2.27. The van der Waals surface area contributed by atoms with Crippen LogP contribution in [0.1, 0.15) is 42.9 Å². The van der Waals surface area contributed by atoms with Crippen molar-refractivity contribution < 1.29 is 19.4 Å². The molecule has 0 fully saturated rings. The van der Waals surface area contributed by atoms with Crippen molar-refractivity contribution in [2.45, 2.75) is 34.1 Å². The number of anilines is 2. The molecule has 0 unspecified atom stereocenters. The highest BCUT2D eigenvalue weighted by Crippen LogP contribution is 2.36. The van der Waals surface area contributed by atoms with E-state index in [1.54, 1.807) is 23.6 Å². The number of carboxylic acids is 1. The maximum atomic E-state index is 12.1. The van der Waals surface area contributed by atoms with Crippen molar-refractivity contribution in [2.75, 3.05) is 44.8 Å². The van der Waals surface area contributed by atoms with Gasteiger partial charge in [-0.2, -0.15) is 0 Å². The van der Waals surface area contributed by atoms with Crippen molar-refractivity contribution in [3.63, 3.8) is 0 Å². The first-order valence-electron chi connectivity index (χ1n) is 13.9. The Morgan fingerprint density at radius 1 is 1.07 bits per heavy atom. The summed E-state index contributed by atoms with van der Waals surface area (Å²) in [6.07, 6.45) is 2.55. The molecule has 218 valence electrons. The van der Waals surface area contributed by atoms with E-state index in [2.05, 4.69) is 42.9 Å². The summed E-state index contributed by atoms with van der Waals surface area (Å²) in [4.78, 5) is 25.8. The molecule has 8 nitrogen and oxygen atoms in total. The van der Waals surface area contributed by atoms with Gasteiger partial charge < -0.3 is 24.8 Å². The lowest BCUT2D eigenvalue weighted by molar-refractivity contribution is 0.0697. The van der Waals surface area contributed by atoms with E-state index in [9.17, 15) is 9.90 Å². The molecule has 4 rings (SSSR count). The number of aromatic nitrogens is 2. The maximum Gasteiger partial charge on any atom is 0.339 e. The van der Waals surface area contributed by atoms with Gasteiger partial charge in [0.25, 0.3) is 0 Å². The number of nitrogens with zero attached hydrogens (tertiary/aromatic N) is 3. The number of carbonyl (C=O) groups is 1. The number of ether oxygens (including phenoxy) is 2. The van der Waals surface area contributed by atoms with Gasteiger partial charge in [-0.1, -0.05) is 33.8 Å². The highest BCUT2D eigenvalue weighted by atomic mass is 32.1. The molecule has 0 aliphatic carbocycles. The van der Waals surface area contributed by atoms with Crippen LogP contribution in [0, 0.1) is 5.92 Å². The Kier molecular flexibility index (Phi) is 11.3. The zero-order chi connectivity index (χ0) is 29.2. The molecule has 0 aliphatic heterocycles. The number of likely N-dealkylation sites (N-methyl/N-ethyl adjacent to an activating group) is 1. The fraction of sp³-hybridized carbons (Fsp3) is 0.387. The number of pyridine rings is 1. The molecule has 0 aliphatic rings. The number of benzene rings is 1. The van der Waals surface area contributed by atoms with Gasteiger partial charge in [0.15, 0.2) is 5.13 Å². The van der Waals surface area contributed by atoms with Crippen LogP contribution in [0.15, 0.2) is 54.0 Å². The molecule has 0 amide bonds. The summed E-state index contributed by atoms with van der Waals surface area (Å²) < 4.78 is 11.6. The van der Waals surface area contributed by atoms with Crippen molar-refractivity contribution in [1.82, 2.24) is 14.9 Å². The second-order valence-corrected chi connectivity index (χ2v) is 12.0. The molecule has 2 N–H and O–H groups in total. The van der Waals surface area contributed by atoms with Crippen molar-refractivity contribution in [2.24, 2.45) is 5.92 Å². The normalized spacial score (nSPS) is 11.4. The zero-order valence-corrected chi connectivity index (χ0v) is 25.7. The van der Waals surface area contributed by atoms with Crippen LogP contribution in [-0.2, 0) is 11.2 Å². The Morgan fingerprint density at radius 3 is 2.51 bits per heavy atom. The van der Waals surface area contributed by atoms with E-state index in [0.717, 1.165) is 58.4 Å². The first-order valence-corrected chi connectivity index (χ1v) is 15.6. The Hall–Kier alpha value is -3.31. The predicted molar refractivity (Wildman–Crippen MR) is 168 cm³/mol. The van der Waals surface area contributed by atoms with Crippen LogP contribution in [-0.4, -0.2) is 65.4 Å². The fourth-order valence-electron chi connectivity index (χ4n) is 4.31. The van der Waals surface area contributed by atoms with Crippen LogP contribution >= 0.6 is 22.7 Å². The molecule has 0 saturated heterocycles. The van der Waals surface area contributed by atoms with E-state index < -0.39 is 5.97 Å². The summed E-state index contributed by atoms with van der Waals surface area (Å²) in [6.45, 7) is 13.4. The van der Waals surface area contributed by atoms with E-state index in [4.69, 9.17) is 14.5 Å². The molecular weight excluding hydrogens is 556 g/mol. The highest BCUT2D eigenvalue weighted by Gasteiger charge is 2.19. The van der Waals surface area contributed by atoms with Gasteiger partial charge in [-0.3, -0.25) is 0 Å². The fourth-order valence-corrected chi connectivity index (χ4v) is 6.21. The van der Waals surface area contributed by atoms with Gasteiger partial charge in [-0.05, 0) is 67.2 Å². The van der Waals surface area contributed by atoms with Gasteiger partial charge in [0.1, 0.15) is 23.7 Å². The Bertz CT molecular complexity index is 1380. The predicted octanol–water partition coefficient (Wildman–Crippen LogP) is 7.31. The van der Waals surface area contributed by atoms with E-state index >= 15 is 0 Å². The third-order valence-corrected chi connectivity index (χ3v) is 8.42. The number of carboxylic acid groups (broad SMARTS) is 1. The number of thiophene rings is 1. The molecule has 3 heterocycles. The van der Waals surface area contributed by atoms with Crippen LogP contribution in [0.2, 0.25) is 0 Å². The SMILES string of the molecule is CCN(CC)CCOCCOc1ccc(-c2nc(Nc3ncc(-c4cccs4)cc3C(=O)O)sc2CC(C)C)cc1. The average molecular weight is 595 g/mol. The summed E-state index contributed by atoms with van der Waals surface area (Å²) in [6, 6.07) is 13.5. The van der Waals surface area contributed by atoms with Crippen molar-refractivity contribution in [3.05, 3.63) is 64.5 Å². The lowest BCUT2D eigenvalue weighted by atomic mass is 10.0. The van der Waals surface area contributed by atoms with E-state index in [-0.39, 0.29) is 11.4 Å². The Labute approximate surface area is 250 Å². The molecule has 0 atom stereocenters. The van der Waals surface area contributed by atoms with Gasteiger partial charge in [-0.25, -0.2) is 14.8 Å². The minimum Gasteiger partial charge on any atom is -0.491 e.